The number of methoxy groups -OCH3 is 1. The first kappa shape index (κ1) is 73.0. The van der Waals surface area contributed by atoms with Gasteiger partial charge < -0.3 is 34.1 Å². The minimum Gasteiger partial charge on any atom is -0.491 e. The number of carbonyl (C=O) groups excluding carboxylic acids is 1. The fraction of sp³-hybridized carbons (Fsp3) is 0.425. The van der Waals surface area contributed by atoms with Crippen LogP contribution in [0.3, 0.4) is 0 Å². The van der Waals surface area contributed by atoms with E-state index in [2.05, 4.69) is 176 Å². The number of rotatable bonds is 17. The molecule has 12 rings (SSSR count). The number of halogens is 5. The van der Waals surface area contributed by atoms with E-state index in [-0.39, 0.29) is 81.6 Å². The molecule has 0 radical (unpaired) electrons. The zero-order valence-corrected chi connectivity index (χ0v) is 67.9. The Balaban J connectivity index is 0.000000159. The maximum Gasteiger partial charge on any atom is 0.488 e. The highest BCUT2D eigenvalue weighted by atomic mass is 127. The summed E-state index contributed by atoms with van der Waals surface area (Å²) in [4.78, 5) is 29.7. The van der Waals surface area contributed by atoms with E-state index in [9.17, 15) is 22.4 Å². The van der Waals surface area contributed by atoms with Gasteiger partial charge in [0.2, 0.25) is 0 Å². The van der Waals surface area contributed by atoms with E-state index in [1.165, 1.54) is 16.4 Å². The zero-order valence-electron chi connectivity index (χ0n) is 43.0. The molecule has 8 saturated heterocycles. The molecule has 0 aliphatic carbocycles. The minimum atomic E-state index is -1.89. The number of fused-ring (bicyclic) bond motifs is 4. The average Bonchev–Trinajstić information content (AvgIpc) is 3.36. The maximum atomic E-state index is 13.8. The van der Waals surface area contributed by atoms with E-state index in [1.807, 2.05) is 18.3 Å². The second-order valence-corrected chi connectivity index (χ2v) is 107. The molecule has 40 heteroatoms. The summed E-state index contributed by atoms with van der Waals surface area (Å²) < 4.78 is 69.7. The minimum absolute atomic E-state index is 0.00720. The number of piperazine rings is 2. The lowest BCUT2D eigenvalue weighted by atomic mass is 9.80. The smallest absolute Gasteiger partial charge is 0.488 e. The van der Waals surface area contributed by atoms with Gasteiger partial charge in [-0.3, -0.25) is 14.6 Å². The highest BCUT2D eigenvalue weighted by Crippen LogP contribution is 3.32. The molecule has 10 heterocycles. The van der Waals surface area contributed by atoms with Gasteiger partial charge in [-0.15, -0.1) is 107 Å². The standard InChI is InChI=1S/C20H19F2N3O2.C13H16IN3O.C7H7BF2O3.H24P22/c21-18-3-13(4-19(22)17(18)9-26)12-1-2-20(23-6-12)24-7-14-5-15(8-24)25(14)16-10-27-11-16;14-9-1-2-13(15-4-9)16-5-10-3-11(6-16)17(10)12-7-18-8-12;1-13-7-5(9)2-4(8(11)12)3-6(7)10;1-13(2)19(14(3)4)22(20(15(5)6)16(7)8)21(17(9)10)18(11)12/h1-4,6,9,14-16H,5,7-8,10-11H2;1-2,4,10-12H,3,5-8H2;2-3,11-12H,1H3;1-12H2. The molecule has 8 fully saturated rings. The topological polar surface area (TPSA) is 124 Å². The molecule has 80 heavy (non-hydrogen) atoms. The van der Waals surface area contributed by atoms with Gasteiger partial charge in [-0.1, -0.05) is 0 Å². The van der Waals surface area contributed by atoms with E-state index in [1.54, 1.807) is 6.20 Å². The molecule has 4 aromatic rings. The Bertz CT molecular complexity index is 2550. The molecule has 0 amide bonds. The van der Waals surface area contributed by atoms with Crippen LogP contribution in [-0.2, 0) is 9.47 Å². The second-order valence-electron chi connectivity index (χ2n) is 18.6. The summed E-state index contributed by atoms with van der Waals surface area (Å²) >= 11 is 2.30. The van der Waals surface area contributed by atoms with Crippen LogP contribution in [0, 0.1) is 26.8 Å². The average molecular weight is 1620 g/mol. The molecule has 16 atom stereocenters. The summed E-state index contributed by atoms with van der Waals surface area (Å²) in [7, 11) is 37.5. The Hall–Kier alpha value is 5.54. The quantitative estimate of drug-likeness (QED) is 0.0344. The first-order chi connectivity index (χ1) is 37.9. The number of aldehydes is 1. The van der Waals surface area contributed by atoms with Crippen molar-refractivity contribution in [3.8, 4) is 16.9 Å². The number of aromatic nitrogens is 2. The Morgan fingerprint density at radius 3 is 1.25 bits per heavy atom. The summed E-state index contributed by atoms with van der Waals surface area (Å²) in [5.41, 5.74) is 0.185. The molecule has 0 saturated carbocycles. The maximum absolute atomic E-state index is 13.8. The number of nitrogens with zero attached hydrogens (tertiary/aromatic N) is 6. The van der Waals surface area contributed by atoms with Gasteiger partial charge in [-0.25, -0.2) is 27.5 Å². The zero-order chi connectivity index (χ0) is 58.4. The van der Waals surface area contributed by atoms with Crippen LogP contribution in [0.25, 0.3) is 11.1 Å². The lowest BCUT2D eigenvalue weighted by Crippen LogP contribution is -2.74. The third kappa shape index (κ3) is 18.9. The normalized spacial score (nSPS) is 21.1. The van der Waals surface area contributed by atoms with Crippen molar-refractivity contribution in [2.45, 2.75) is 49.1 Å². The van der Waals surface area contributed by atoms with Crippen molar-refractivity contribution >= 4 is 230 Å². The molecule has 8 aliphatic rings. The third-order valence-electron chi connectivity index (χ3n) is 13.5. The summed E-state index contributed by atoms with van der Waals surface area (Å²) in [6.07, 6.45) is 6.36. The van der Waals surface area contributed by atoms with Crippen molar-refractivity contribution in [2.24, 2.45) is 0 Å². The summed E-state index contributed by atoms with van der Waals surface area (Å²) in [6, 6.07) is 15.7. The number of hydrogen-bond donors (Lipinski definition) is 2. The van der Waals surface area contributed by atoms with E-state index in [0.29, 0.717) is 35.3 Å². The Labute approximate surface area is 520 Å². The highest BCUT2D eigenvalue weighted by molar-refractivity contribution is 14.1. The van der Waals surface area contributed by atoms with Gasteiger partial charge in [0.15, 0.2) is 23.7 Å². The van der Waals surface area contributed by atoms with Crippen molar-refractivity contribution in [1.29, 1.82) is 0 Å². The van der Waals surface area contributed by atoms with Gasteiger partial charge in [-0.2, -0.15) is 0 Å². The summed E-state index contributed by atoms with van der Waals surface area (Å²) in [5.74, 6) is -2.18. The van der Waals surface area contributed by atoms with E-state index >= 15 is 0 Å². The number of piperidine rings is 2. The van der Waals surface area contributed by atoms with Crippen molar-refractivity contribution in [1.82, 2.24) is 19.8 Å². The van der Waals surface area contributed by atoms with Crippen LogP contribution >= 0.6 is 200 Å². The van der Waals surface area contributed by atoms with Crippen LogP contribution in [0.4, 0.5) is 29.2 Å². The monoisotopic (exact) mass is 1620 g/mol. The molecule has 0 spiro atoms. The third-order valence-corrected chi connectivity index (χ3v) is 152. The van der Waals surface area contributed by atoms with Crippen molar-refractivity contribution in [3.05, 3.63) is 93.3 Å². The number of anilines is 2. The van der Waals surface area contributed by atoms with Crippen molar-refractivity contribution in [3.63, 3.8) is 0 Å². The van der Waals surface area contributed by atoms with Gasteiger partial charge in [-0.05, 0) is 165 Å². The van der Waals surface area contributed by atoms with Crippen LogP contribution in [0.15, 0.2) is 60.9 Å². The van der Waals surface area contributed by atoms with Gasteiger partial charge in [0.05, 0.1) is 51.2 Å². The molecule has 16 unspecified atom stereocenters. The van der Waals surface area contributed by atoms with E-state index in [0.717, 1.165) is 108 Å². The Kier molecular flexibility index (Phi) is 31.6. The van der Waals surface area contributed by atoms with Crippen LogP contribution in [0.2, 0.25) is 0 Å². The molecular formula is C40H66BF4IN6O6P22. The molecule has 12 nitrogen and oxygen atoms in total. The van der Waals surface area contributed by atoms with E-state index in [4.69, 9.17) is 19.5 Å². The Morgan fingerprint density at radius 1 is 0.575 bits per heavy atom. The molecule has 2 aromatic carbocycles. The van der Waals surface area contributed by atoms with Gasteiger partial charge >= 0.3 is 7.12 Å². The lowest BCUT2D eigenvalue weighted by Gasteiger charge is -2.60. The largest absolute Gasteiger partial charge is 0.491 e. The number of pyridine rings is 2. The molecule has 440 valence electrons. The second kappa shape index (κ2) is 34.6. The van der Waals surface area contributed by atoms with Gasteiger partial charge in [0, 0.05) is 71.9 Å². The van der Waals surface area contributed by atoms with Crippen LogP contribution in [0.1, 0.15) is 23.2 Å². The van der Waals surface area contributed by atoms with Gasteiger partial charge in [0.25, 0.3) is 0 Å². The number of benzene rings is 2. The van der Waals surface area contributed by atoms with E-state index < -0.39 is 41.7 Å². The predicted molar refractivity (Wildman–Crippen MR) is 402 cm³/mol. The Morgan fingerprint density at radius 2 is 0.963 bits per heavy atom. The predicted octanol–water partition coefficient (Wildman–Crippen LogP) is 16.0. The molecule has 8 aliphatic heterocycles. The highest BCUT2D eigenvalue weighted by Gasteiger charge is 2.51. The van der Waals surface area contributed by atoms with Crippen molar-refractivity contribution < 1.29 is 46.6 Å². The fourth-order valence-electron chi connectivity index (χ4n) is 9.85. The molecular weight excluding hydrogens is 1560 g/mol. The first-order valence-corrected chi connectivity index (χ1v) is 64.3. The molecule has 2 aromatic heterocycles. The number of hydrogen-bond acceptors (Lipinski definition) is 12. The summed E-state index contributed by atoms with van der Waals surface area (Å²) in [6.45, 7) is 8.21. The molecule has 4 bridgehead atoms. The van der Waals surface area contributed by atoms with Crippen molar-refractivity contribution in [2.75, 3.05) is 69.5 Å². The first-order valence-electron chi connectivity index (χ1n) is 24.0. The number of ether oxygens (including phenoxy) is 3. The van der Waals surface area contributed by atoms with Crippen LogP contribution in [0.5, 0.6) is 5.75 Å². The summed E-state index contributed by atoms with van der Waals surface area (Å²) in [5, 5.41) is 17.2. The number of carbonyl (C=O) groups is 1. The lowest BCUT2D eigenvalue weighted by molar-refractivity contribution is -0.141. The van der Waals surface area contributed by atoms with Gasteiger partial charge in [0.1, 0.15) is 23.3 Å². The van der Waals surface area contributed by atoms with Crippen LogP contribution < -0.4 is 20.0 Å². The molecule has 2 N–H and O–H groups in total. The fourth-order valence-corrected chi connectivity index (χ4v) is 283. The SMILES string of the molecule is COc1c(F)cc(B(O)O)cc1F.Ic1ccc(N2CC3CC(C2)N3C2COC2)nc1.O=Cc1c(F)cc(-c2ccc(N3CC4CC(C3)N4C3COC3)nc2)cc1F.PP(P)P(P(P)P)P(P(P(P)P)P(P)P)P(P(P)P)P(P)P. The van der Waals surface area contributed by atoms with Crippen LogP contribution in [-0.4, -0.2) is 139 Å².